The lowest BCUT2D eigenvalue weighted by Gasteiger charge is -2.22. The smallest absolute Gasteiger partial charge is 0.249 e. The van der Waals surface area contributed by atoms with Crippen LogP contribution in [0.15, 0.2) is 35.4 Å². The van der Waals surface area contributed by atoms with Crippen LogP contribution in [0, 0.1) is 20.8 Å². The second kappa shape index (κ2) is 9.54. The maximum atomic E-state index is 12.0. The van der Waals surface area contributed by atoms with Gasteiger partial charge in [0.25, 0.3) is 0 Å². The predicted octanol–water partition coefficient (Wildman–Crippen LogP) is 3.69. The largest absolute Gasteiger partial charge is 0.353 e. The molecule has 0 radical (unpaired) electrons. The summed E-state index contributed by atoms with van der Waals surface area (Å²) < 4.78 is 2.15. The van der Waals surface area contributed by atoms with E-state index >= 15 is 0 Å². The molecule has 0 saturated heterocycles. The number of hydrazone groups is 1. The fraction of sp³-hybridized carbons (Fsp3) is 0.435. The Morgan fingerprint density at radius 2 is 1.76 bits per heavy atom. The summed E-state index contributed by atoms with van der Waals surface area (Å²) in [6.45, 7) is 6.13. The van der Waals surface area contributed by atoms with Gasteiger partial charge in [0.1, 0.15) is 6.42 Å². The minimum Gasteiger partial charge on any atom is -0.353 e. The molecule has 0 bridgehead atoms. The number of carbonyl (C=O) groups excluding carboxylic acids is 2. The second-order valence-corrected chi connectivity index (χ2v) is 7.87. The summed E-state index contributed by atoms with van der Waals surface area (Å²) in [6.07, 6.45) is 6.95. The Hall–Kier alpha value is -2.89. The molecule has 2 amide bonds. The number of benzene rings is 1. The van der Waals surface area contributed by atoms with Gasteiger partial charge in [0.15, 0.2) is 0 Å². The second-order valence-electron chi connectivity index (χ2n) is 7.87. The first-order chi connectivity index (χ1) is 13.9. The van der Waals surface area contributed by atoms with E-state index in [1.54, 1.807) is 6.21 Å². The van der Waals surface area contributed by atoms with E-state index in [4.69, 9.17) is 0 Å². The molecule has 1 saturated carbocycles. The molecule has 1 aromatic heterocycles. The van der Waals surface area contributed by atoms with Crippen molar-refractivity contribution in [3.05, 3.63) is 52.8 Å². The molecule has 154 valence electrons. The van der Waals surface area contributed by atoms with E-state index in [9.17, 15) is 9.59 Å². The lowest BCUT2D eigenvalue weighted by Crippen LogP contribution is -2.38. The first-order valence-corrected chi connectivity index (χ1v) is 10.3. The van der Waals surface area contributed by atoms with Crippen LogP contribution in [-0.2, 0) is 9.59 Å². The van der Waals surface area contributed by atoms with Gasteiger partial charge in [-0.05, 0) is 51.8 Å². The van der Waals surface area contributed by atoms with Crippen molar-refractivity contribution in [1.29, 1.82) is 0 Å². The molecule has 2 aromatic rings. The number of aryl methyl sites for hydroxylation is 2. The normalized spacial score (nSPS) is 14.9. The Labute approximate surface area is 172 Å². The highest BCUT2D eigenvalue weighted by Crippen LogP contribution is 2.20. The Morgan fingerprint density at radius 1 is 1.07 bits per heavy atom. The summed E-state index contributed by atoms with van der Waals surface area (Å²) in [7, 11) is 0. The van der Waals surface area contributed by atoms with Gasteiger partial charge in [-0.3, -0.25) is 9.59 Å². The van der Waals surface area contributed by atoms with E-state index in [0.29, 0.717) is 0 Å². The summed E-state index contributed by atoms with van der Waals surface area (Å²) in [5, 5.41) is 6.99. The van der Waals surface area contributed by atoms with Crippen LogP contribution in [0.3, 0.4) is 0 Å². The van der Waals surface area contributed by atoms with Crippen molar-refractivity contribution in [3.63, 3.8) is 0 Å². The molecule has 1 aromatic carbocycles. The molecular formula is C23H30N4O2. The van der Waals surface area contributed by atoms with Crippen LogP contribution in [0.5, 0.6) is 0 Å². The van der Waals surface area contributed by atoms with Gasteiger partial charge in [-0.25, -0.2) is 5.43 Å². The van der Waals surface area contributed by atoms with Crippen LogP contribution in [0.2, 0.25) is 0 Å². The van der Waals surface area contributed by atoms with E-state index in [0.717, 1.165) is 48.3 Å². The van der Waals surface area contributed by atoms with E-state index in [2.05, 4.69) is 51.6 Å². The van der Waals surface area contributed by atoms with Gasteiger partial charge in [0.05, 0.1) is 6.21 Å². The van der Waals surface area contributed by atoms with Gasteiger partial charge in [-0.2, -0.15) is 5.10 Å². The third-order valence-electron chi connectivity index (χ3n) is 5.45. The van der Waals surface area contributed by atoms with E-state index in [-0.39, 0.29) is 18.4 Å². The zero-order chi connectivity index (χ0) is 20.8. The quantitative estimate of drug-likeness (QED) is 0.445. The number of hydrogen-bond acceptors (Lipinski definition) is 3. The minimum atomic E-state index is -0.401. The monoisotopic (exact) mass is 394 g/mol. The number of hydrogen-bond donors (Lipinski definition) is 2. The maximum Gasteiger partial charge on any atom is 0.249 e. The molecule has 0 atom stereocenters. The van der Waals surface area contributed by atoms with Crippen molar-refractivity contribution in [2.75, 3.05) is 0 Å². The fourth-order valence-corrected chi connectivity index (χ4v) is 3.89. The van der Waals surface area contributed by atoms with Gasteiger partial charge in [0, 0.05) is 28.7 Å². The van der Waals surface area contributed by atoms with Gasteiger partial charge in [-0.1, -0.05) is 37.0 Å². The molecule has 1 fully saturated rings. The molecular weight excluding hydrogens is 364 g/mol. The average molecular weight is 395 g/mol. The zero-order valence-corrected chi connectivity index (χ0v) is 17.5. The van der Waals surface area contributed by atoms with Crippen molar-refractivity contribution >= 4 is 18.0 Å². The van der Waals surface area contributed by atoms with Crippen LogP contribution < -0.4 is 10.7 Å². The zero-order valence-electron chi connectivity index (χ0n) is 17.5. The lowest BCUT2D eigenvalue weighted by atomic mass is 9.95. The Bertz CT molecular complexity index is 890. The van der Waals surface area contributed by atoms with E-state index in [1.165, 1.54) is 12.0 Å². The highest BCUT2D eigenvalue weighted by Gasteiger charge is 2.17. The number of nitrogens with one attached hydrogen (secondary N) is 2. The Kier molecular flexibility index (Phi) is 6.86. The van der Waals surface area contributed by atoms with Crippen LogP contribution in [0.4, 0.5) is 0 Å². The minimum absolute atomic E-state index is 0.198. The molecule has 0 aliphatic heterocycles. The summed E-state index contributed by atoms with van der Waals surface area (Å²) in [4.78, 5) is 24.0. The summed E-state index contributed by atoms with van der Waals surface area (Å²) in [6, 6.07) is 10.6. The summed E-state index contributed by atoms with van der Waals surface area (Å²) in [5.74, 6) is -0.635. The van der Waals surface area contributed by atoms with Crippen molar-refractivity contribution in [1.82, 2.24) is 15.3 Å². The highest BCUT2D eigenvalue weighted by molar-refractivity contribution is 5.97. The van der Waals surface area contributed by atoms with Gasteiger partial charge < -0.3 is 9.88 Å². The molecule has 2 N–H and O–H groups in total. The molecule has 6 heteroatoms. The molecule has 0 spiro atoms. The van der Waals surface area contributed by atoms with Crippen molar-refractivity contribution in [3.8, 4) is 5.69 Å². The molecule has 1 aliphatic rings. The average Bonchev–Trinajstić information content (AvgIpc) is 2.97. The summed E-state index contributed by atoms with van der Waals surface area (Å²) in [5.41, 5.74) is 7.83. The third-order valence-corrected chi connectivity index (χ3v) is 5.45. The highest BCUT2D eigenvalue weighted by atomic mass is 16.2. The van der Waals surface area contributed by atoms with E-state index in [1.807, 2.05) is 19.9 Å². The Balaban J connectivity index is 1.56. The number of amides is 2. The molecule has 29 heavy (non-hydrogen) atoms. The molecule has 1 aliphatic carbocycles. The van der Waals surface area contributed by atoms with E-state index < -0.39 is 5.91 Å². The SMILES string of the molecule is Cc1ccc(-n2c(C)cc(/C=N/NC(=O)CC(=O)NC3CCCCC3)c2C)cc1. The molecule has 1 heterocycles. The predicted molar refractivity (Wildman–Crippen MR) is 115 cm³/mol. The van der Waals surface area contributed by atoms with Gasteiger partial charge in [-0.15, -0.1) is 0 Å². The van der Waals surface area contributed by atoms with Crippen molar-refractivity contribution in [2.45, 2.75) is 65.3 Å². The first kappa shape index (κ1) is 20.8. The van der Waals surface area contributed by atoms with Crippen molar-refractivity contribution in [2.24, 2.45) is 5.10 Å². The topological polar surface area (TPSA) is 75.5 Å². The number of rotatable bonds is 6. The molecule has 3 rings (SSSR count). The first-order valence-electron chi connectivity index (χ1n) is 10.3. The molecule has 6 nitrogen and oxygen atoms in total. The third kappa shape index (κ3) is 5.56. The summed E-state index contributed by atoms with van der Waals surface area (Å²) >= 11 is 0. The van der Waals surface area contributed by atoms with Crippen LogP contribution in [0.25, 0.3) is 5.69 Å². The number of carbonyl (C=O) groups is 2. The standard InChI is InChI=1S/C23H30N4O2/c1-16-9-11-21(12-10-16)27-17(2)13-19(18(27)3)15-24-26-23(29)14-22(28)25-20-7-5-4-6-8-20/h9-13,15,20H,4-8,14H2,1-3H3,(H,25,28)(H,26,29)/b24-15+. The van der Waals surface area contributed by atoms with Crippen LogP contribution in [0.1, 0.15) is 61.0 Å². The molecule has 0 unspecified atom stereocenters. The van der Waals surface area contributed by atoms with Gasteiger partial charge >= 0.3 is 0 Å². The maximum absolute atomic E-state index is 12.0. The Morgan fingerprint density at radius 3 is 2.45 bits per heavy atom. The van der Waals surface area contributed by atoms with Crippen LogP contribution in [-0.4, -0.2) is 28.6 Å². The number of aromatic nitrogens is 1. The lowest BCUT2D eigenvalue weighted by molar-refractivity contribution is -0.129. The van der Waals surface area contributed by atoms with Gasteiger partial charge in [0.2, 0.25) is 11.8 Å². The fourth-order valence-electron chi connectivity index (χ4n) is 3.89. The van der Waals surface area contributed by atoms with Crippen LogP contribution >= 0.6 is 0 Å². The van der Waals surface area contributed by atoms with Crippen molar-refractivity contribution < 1.29 is 9.59 Å². The number of nitrogens with zero attached hydrogens (tertiary/aromatic N) is 2.